The molecule has 52 heavy (non-hydrogen) atoms. The van der Waals surface area contributed by atoms with Gasteiger partial charge in [-0.05, 0) is 78.8 Å². The van der Waals surface area contributed by atoms with Gasteiger partial charge < -0.3 is 15.0 Å². The Hall–Kier alpha value is -4.16. The number of benzene rings is 3. The van der Waals surface area contributed by atoms with E-state index < -0.39 is 75.5 Å². The number of rotatable bonds is 7. The molecule has 2 aliphatic carbocycles. The summed E-state index contributed by atoms with van der Waals surface area (Å²) in [5, 5.41) is 8.42. The molecule has 1 saturated heterocycles. The summed E-state index contributed by atoms with van der Waals surface area (Å²) in [6, 6.07) is 14.6. The number of imide groups is 1. The van der Waals surface area contributed by atoms with Gasteiger partial charge in [0, 0.05) is 32.3 Å². The number of amides is 3. The minimum absolute atomic E-state index is 0.127. The van der Waals surface area contributed by atoms with E-state index in [1.165, 1.54) is 48.2 Å². The van der Waals surface area contributed by atoms with Crippen LogP contribution in [0.4, 0.5) is 24.5 Å². The average molecular weight is 791 g/mol. The standard InChI is InChI=1S/C34H26ClF3N4O7S3/c35-14-5-10-22(49-13-23(43)40-15-6-8-16(9-7-15)52(39,47)48)17(11-14)24-25-18-12-19(28(25)50-30-29(24)51-33(46)41-30)27-26(18)31(44)42(32(27)45)21-4-2-1-3-20(21)34(36,37)38/h1-11,18-19,24-28H,12-13H2,(H,40,43)(H,41,46)(H2,39,47,48)/t18-,19-,24-,25?,26?,27?,28?/m1/s1. The topological polar surface area (TPSA) is 169 Å². The monoisotopic (exact) mass is 790 g/mol. The first-order chi connectivity index (χ1) is 24.6. The summed E-state index contributed by atoms with van der Waals surface area (Å²) in [7, 11) is -3.93. The summed E-state index contributed by atoms with van der Waals surface area (Å²) in [5.41, 5.74) is -0.715. The summed E-state index contributed by atoms with van der Waals surface area (Å²) in [6.07, 6.45) is -4.30. The number of fused-ring (bicyclic) bond motifs is 9. The Morgan fingerprint density at radius 2 is 1.71 bits per heavy atom. The van der Waals surface area contributed by atoms with Crippen molar-refractivity contribution in [3.8, 4) is 5.75 Å². The molecule has 4 aliphatic rings. The van der Waals surface area contributed by atoms with Gasteiger partial charge in [0.2, 0.25) is 21.8 Å². The molecule has 2 bridgehead atoms. The Labute approximate surface area is 306 Å². The number of para-hydroxylation sites is 1. The van der Waals surface area contributed by atoms with Crippen LogP contribution in [0.1, 0.15) is 28.3 Å². The van der Waals surface area contributed by atoms with Crippen LogP contribution in [0.2, 0.25) is 5.02 Å². The third kappa shape index (κ3) is 5.73. The van der Waals surface area contributed by atoms with Gasteiger partial charge in [0.25, 0.3) is 5.91 Å². The van der Waals surface area contributed by atoms with E-state index in [2.05, 4.69) is 10.3 Å². The maximum atomic E-state index is 14.1. The van der Waals surface area contributed by atoms with E-state index in [4.69, 9.17) is 21.5 Å². The number of H-pyrrole nitrogens is 1. The number of alkyl halides is 3. The lowest BCUT2D eigenvalue weighted by Gasteiger charge is -2.43. The molecule has 18 heteroatoms. The number of aromatic nitrogens is 1. The van der Waals surface area contributed by atoms with Crippen LogP contribution in [-0.2, 0) is 30.6 Å². The van der Waals surface area contributed by atoms with E-state index >= 15 is 0 Å². The molecule has 3 heterocycles. The van der Waals surface area contributed by atoms with Crippen LogP contribution in [0.15, 0.2) is 81.4 Å². The highest BCUT2D eigenvalue weighted by atomic mass is 35.5. The fraction of sp³-hybridized carbons (Fsp3) is 0.294. The molecule has 0 radical (unpaired) electrons. The normalized spacial score (nSPS) is 26.2. The van der Waals surface area contributed by atoms with Crippen LogP contribution in [0.25, 0.3) is 0 Å². The summed E-state index contributed by atoms with van der Waals surface area (Å²) >= 11 is 8.92. The second-order valence-corrected chi connectivity index (χ2v) is 17.3. The number of thioether (sulfide) groups is 1. The number of hydrogen-bond acceptors (Lipinski definition) is 9. The van der Waals surface area contributed by atoms with E-state index in [1.807, 2.05) is 0 Å². The third-order valence-corrected chi connectivity index (χ3v) is 14.1. The van der Waals surface area contributed by atoms with Crippen molar-refractivity contribution in [1.82, 2.24) is 4.98 Å². The van der Waals surface area contributed by atoms with Gasteiger partial charge >= 0.3 is 11.0 Å². The molecule has 11 nitrogen and oxygen atoms in total. The highest BCUT2D eigenvalue weighted by Crippen LogP contribution is 2.69. The number of nitrogens with zero attached hydrogens (tertiary/aromatic N) is 1. The maximum Gasteiger partial charge on any atom is 0.418 e. The zero-order valence-electron chi connectivity index (χ0n) is 26.4. The van der Waals surface area contributed by atoms with Crippen LogP contribution in [0, 0.1) is 29.6 Å². The average Bonchev–Trinajstić information content (AvgIpc) is 3.82. The molecule has 4 aromatic rings. The van der Waals surface area contributed by atoms with Gasteiger partial charge in [0.05, 0.1) is 33.0 Å². The molecule has 7 atom stereocenters. The van der Waals surface area contributed by atoms with E-state index in [1.54, 1.807) is 18.2 Å². The zero-order chi connectivity index (χ0) is 36.9. The summed E-state index contributed by atoms with van der Waals surface area (Å²) in [4.78, 5) is 57.6. The quantitative estimate of drug-likeness (QED) is 0.208. The molecule has 1 aromatic heterocycles. The molecule has 3 fully saturated rings. The molecule has 3 amide bonds. The smallest absolute Gasteiger partial charge is 0.418 e. The van der Waals surface area contributed by atoms with E-state index in [0.29, 0.717) is 37.5 Å². The zero-order valence-corrected chi connectivity index (χ0v) is 29.6. The molecule has 4 N–H and O–H groups in total. The van der Waals surface area contributed by atoms with E-state index in [-0.39, 0.29) is 32.6 Å². The first-order valence-electron chi connectivity index (χ1n) is 15.9. The Balaban J connectivity index is 1.12. The number of primary sulfonamides is 1. The van der Waals surface area contributed by atoms with Crippen LogP contribution in [-0.4, -0.2) is 43.0 Å². The molecular formula is C34H26ClF3N4O7S3. The lowest BCUT2D eigenvalue weighted by Crippen LogP contribution is -2.42. The molecule has 2 aliphatic heterocycles. The van der Waals surface area contributed by atoms with E-state index in [9.17, 15) is 40.8 Å². The Morgan fingerprint density at radius 3 is 2.40 bits per heavy atom. The van der Waals surface area contributed by atoms with Gasteiger partial charge in [-0.2, -0.15) is 13.2 Å². The molecule has 2 saturated carbocycles. The Kier molecular flexibility index (Phi) is 8.37. The first kappa shape index (κ1) is 34.9. The number of anilines is 2. The van der Waals surface area contributed by atoms with Crippen molar-refractivity contribution < 1.29 is 40.7 Å². The number of hydrogen-bond donors (Lipinski definition) is 3. The summed E-state index contributed by atoms with van der Waals surface area (Å²) in [5.74, 6) is -4.99. The van der Waals surface area contributed by atoms with Crippen molar-refractivity contribution >= 4 is 73.8 Å². The van der Waals surface area contributed by atoms with Gasteiger partial charge in [0.15, 0.2) is 6.61 Å². The van der Waals surface area contributed by atoms with Gasteiger partial charge in [-0.25, -0.2) is 18.5 Å². The number of carbonyl (C=O) groups is 3. The minimum atomic E-state index is -4.79. The van der Waals surface area contributed by atoms with Gasteiger partial charge in [-0.1, -0.05) is 35.1 Å². The lowest BCUT2D eigenvalue weighted by molar-refractivity contribution is -0.137. The number of nitrogens with two attached hydrogens (primary N) is 1. The van der Waals surface area contributed by atoms with Crippen molar-refractivity contribution in [3.05, 3.63) is 97.4 Å². The van der Waals surface area contributed by atoms with Gasteiger partial charge in [-0.3, -0.25) is 19.2 Å². The van der Waals surface area contributed by atoms with Crippen LogP contribution in [0.3, 0.4) is 0 Å². The van der Waals surface area contributed by atoms with Crippen molar-refractivity contribution in [3.63, 3.8) is 0 Å². The highest BCUT2D eigenvalue weighted by molar-refractivity contribution is 8.00. The molecule has 3 aromatic carbocycles. The number of sulfonamides is 1. The van der Waals surface area contributed by atoms with Crippen LogP contribution >= 0.6 is 34.7 Å². The number of carbonyl (C=O) groups excluding carboxylic acids is 3. The van der Waals surface area contributed by atoms with Crippen molar-refractivity contribution in [2.24, 2.45) is 34.7 Å². The molecule has 8 rings (SSSR count). The molecule has 0 spiro atoms. The number of thiazole rings is 1. The van der Waals surface area contributed by atoms with Crippen LogP contribution in [0.5, 0.6) is 5.75 Å². The molecule has 270 valence electrons. The number of halogens is 4. The van der Waals surface area contributed by atoms with Gasteiger partial charge in [-0.15, -0.1) is 11.8 Å². The first-order valence-corrected chi connectivity index (χ1v) is 19.5. The highest BCUT2D eigenvalue weighted by Gasteiger charge is 2.70. The van der Waals surface area contributed by atoms with Crippen molar-refractivity contribution in [1.29, 1.82) is 0 Å². The summed E-state index contributed by atoms with van der Waals surface area (Å²) in [6.45, 7) is -0.464. The fourth-order valence-corrected chi connectivity index (χ4v) is 12.0. The summed E-state index contributed by atoms with van der Waals surface area (Å²) < 4.78 is 71.3. The van der Waals surface area contributed by atoms with Crippen molar-refractivity contribution in [2.45, 2.75) is 33.7 Å². The Morgan fingerprint density at radius 1 is 1.02 bits per heavy atom. The minimum Gasteiger partial charge on any atom is -0.483 e. The lowest BCUT2D eigenvalue weighted by atomic mass is 9.68. The largest absolute Gasteiger partial charge is 0.483 e. The molecule has 4 unspecified atom stereocenters. The third-order valence-electron chi connectivity index (χ3n) is 10.3. The number of ether oxygens (including phenoxy) is 1. The maximum absolute atomic E-state index is 14.1. The van der Waals surface area contributed by atoms with Gasteiger partial charge in [0.1, 0.15) is 5.75 Å². The Bertz CT molecular complexity index is 2330. The SMILES string of the molecule is NS(=O)(=O)c1ccc(NC(=O)COc2ccc(Cl)cc2[C@H]2c3sc(=O)[nH]c3SC3C2[C@H]2C[C@@H]3C3C(=O)N(c4ccccc4C(F)(F)F)C(=O)C32)cc1. The van der Waals surface area contributed by atoms with Crippen LogP contribution < -0.4 is 25.0 Å². The number of nitrogens with one attached hydrogen (secondary N) is 2. The number of aromatic amines is 1. The predicted molar refractivity (Wildman–Crippen MR) is 186 cm³/mol. The fourth-order valence-electron chi connectivity index (χ4n) is 8.47. The second-order valence-electron chi connectivity index (χ2n) is 13.1. The second kappa shape index (κ2) is 12.5. The molecular weight excluding hydrogens is 765 g/mol. The van der Waals surface area contributed by atoms with E-state index in [0.717, 1.165) is 23.5 Å². The van der Waals surface area contributed by atoms with Crippen molar-refractivity contribution in [2.75, 3.05) is 16.8 Å². The predicted octanol–water partition coefficient (Wildman–Crippen LogP) is 5.45.